The smallest absolute Gasteiger partial charge is 0.245 e. The van der Waals surface area contributed by atoms with Gasteiger partial charge in [-0.3, -0.25) is 4.79 Å². The van der Waals surface area contributed by atoms with Crippen molar-refractivity contribution >= 4 is 22.4 Å². The molecule has 21 heavy (non-hydrogen) atoms. The molecule has 1 aliphatic heterocycles. The largest absolute Gasteiger partial charge is 0.378 e. The minimum atomic E-state index is -0.291. The quantitative estimate of drug-likeness (QED) is 0.902. The number of hydrogen-bond acceptors (Lipinski definition) is 5. The van der Waals surface area contributed by atoms with Crippen molar-refractivity contribution in [3.63, 3.8) is 0 Å². The predicted molar refractivity (Wildman–Crippen MR) is 82.6 cm³/mol. The van der Waals surface area contributed by atoms with Crippen LogP contribution in [-0.4, -0.2) is 36.7 Å². The number of anilines is 1. The molecule has 1 aromatic heterocycles. The van der Waals surface area contributed by atoms with Crippen LogP contribution in [0.15, 0.2) is 36.5 Å². The zero-order valence-electron chi connectivity index (χ0n) is 11.5. The van der Waals surface area contributed by atoms with Gasteiger partial charge in [-0.2, -0.15) is 0 Å². The first-order valence-corrected chi connectivity index (χ1v) is 7.73. The second-order valence-electron chi connectivity index (χ2n) is 4.86. The van der Waals surface area contributed by atoms with Gasteiger partial charge in [-0.1, -0.05) is 30.3 Å². The van der Waals surface area contributed by atoms with E-state index in [1.165, 1.54) is 16.9 Å². The number of ether oxygens (including phenoxy) is 1. The number of thiazole rings is 1. The first kappa shape index (κ1) is 14.2. The van der Waals surface area contributed by atoms with E-state index in [-0.39, 0.29) is 11.9 Å². The van der Waals surface area contributed by atoms with Gasteiger partial charge in [-0.05, 0) is 5.56 Å². The number of amides is 1. The molecule has 0 radical (unpaired) electrons. The lowest BCUT2D eigenvalue weighted by Gasteiger charge is -2.22. The standard InChI is InChI=1S/C15H17N3O2S/c19-14(13-10-20-7-6-16-13)18-15-17-9-12(21-15)8-11-4-2-1-3-5-11/h1-5,9,13,16H,6-8,10H2,(H,17,18,19). The molecule has 0 spiro atoms. The van der Waals surface area contributed by atoms with E-state index in [1.807, 2.05) is 24.4 Å². The molecular weight excluding hydrogens is 286 g/mol. The fourth-order valence-corrected chi connectivity index (χ4v) is 3.02. The van der Waals surface area contributed by atoms with E-state index in [0.717, 1.165) is 11.3 Å². The van der Waals surface area contributed by atoms with Crippen molar-refractivity contribution in [3.05, 3.63) is 47.0 Å². The lowest BCUT2D eigenvalue weighted by Crippen LogP contribution is -2.48. The van der Waals surface area contributed by atoms with Crippen molar-refractivity contribution < 1.29 is 9.53 Å². The van der Waals surface area contributed by atoms with Crippen molar-refractivity contribution in [2.45, 2.75) is 12.5 Å². The van der Waals surface area contributed by atoms with Gasteiger partial charge in [0.15, 0.2) is 5.13 Å². The molecule has 1 unspecified atom stereocenters. The van der Waals surface area contributed by atoms with Crippen LogP contribution in [0.5, 0.6) is 0 Å². The van der Waals surface area contributed by atoms with Gasteiger partial charge in [0.25, 0.3) is 0 Å². The highest BCUT2D eigenvalue weighted by Gasteiger charge is 2.21. The zero-order chi connectivity index (χ0) is 14.5. The highest BCUT2D eigenvalue weighted by Crippen LogP contribution is 2.21. The van der Waals surface area contributed by atoms with E-state index in [2.05, 4.69) is 27.8 Å². The van der Waals surface area contributed by atoms with Crippen LogP contribution in [-0.2, 0) is 16.0 Å². The Balaban J connectivity index is 1.58. The van der Waals surface area contributed by atoms with Gasteiger partial charge in [0, 0.05) is 24.0 Å². The molecule has 0 bridgehead atoms. The summed E-state index contributed by atoms with van der Waals surface area (Å²) in [7, 11) is 0. The number of nitrogens with zero attached hydrogens (tertiary/aromatic N) is 1. The molecule has 1 aliphatic rings. The van der Waals surface area contributed by atoms with Crippen molar-refractivity contribution in [1.29, 1.82) is 0 Å². The number of hydrogen-bond donors (Lipinski definition) is 2. The molecule has 1 fully saturated rings. The number of carbonyl (C=O) groups excluding carboxylic acids is 1. The summed E-state index contributed by atoms with van der Waals surface area (Å²) in [5, 5.41) is 6.61. The zero-order valence-corrected chi connectivity index (χ0v) is 12.4. The summed E-state index contributed by atoms with van der Waals surface area (Å²) in [6.07, 6.45) is 2.65. The maximum atomic E-state index is 12.0. The van der Waals surface area contributed by atoms with Crippen LogP contribution in [0.1, 0.15) is 10.4 Å². The summed E-state index contributed by atoms with van der Waals surface area (Å²) < 4.78 is 5.28. The summed E-state index contributed by atoms with van der Waals surface area (Å²) in [5.41, 5.74) is 1.24. The summed E-state index contributed by atoms with van der Waals surface area (Å²) in [4.78, 5) is 17.4. The van der Waals surface area contributed by atoms with Crippen LogP contribution in [0.25, 0.3) is 0 Å². The molecule has 110 valence electrons. The Hall–Kier alpha value is -1.76. The summed E-state index contributed by atoms with van der Waals surface area (Å²) in [5.74, 6) is -0.0877. The first-order valence-electron chi connectivity index (χ1n) is 6.92. The van der Waals surface area contributed by atoms with Crippen LogP contribution in [0.2, 0.25) is 0 Å². The molecule has 6 heteroatoms. The van der Waals surface area contributed by atoms with Gasteiger partial charge < -0.3 is 15.4 Å². The Morgan fingerprint density at radius 3 is 3.05 bits per heavy atom. The SMILES string of the molecule is O=C(Nc1ncc(Cc2ccccc2)s1)C1COCCN1. The Labute approximate surface area is 127 Å². The molecular formula is C15H17N3O2S. The van der Waals surface area contributed by atoms with Crippen molar-refractivity contribution in [3.8, 4) is 0 Å². The average Bonchev–Trinajstić information content (AvgIpc) is 2.96. The van der Waals surface area contributed by atoms with Gasteiger partial charge in [-0.25, -0.2) is 4.98 Å². The van der Waals surface area contributed by atoms with Gasteiger partial charge in [0.2, 0.25) is 5.91 Å². The summed E-state index contributed by atoms with van der Waals surface area (Å²) in [6.45, 7) is 1.77. The lowest BCUT2D eigenvalue weighted by atomic mass is 10.1. The molecule has 0 aliphatic carbocycles. The average molecular weight is 303 g/mol. The third-order valence-electron chi connectivity index (χ3n) is 3.24. The molecule has 3 rings (SSSR count). The van der Waals surface area contributed by atoms with E-state index in [1.54, 1.807) is 0 Å². The molecule has 1 amide bonds. The van der Waals surface area contributed by atoms with Crippen LogP contribution >= 0.6 is 11.3 Å². The van der Waals surface area contributed by atoms with E-state index in [4.69, 9.17) is 4.74 Å². The predicted octanol–water partition coefficient (Wildman–Crippen LogP) is 1.66. The highest BCUT2D eigenvalue weighted by molar-refractivity contribution is 7.15. The monoisotopic (exact) mass is 303 g/mol. The van der Waals surface area contributed by atoms with E-state index < -0.39 is 0 Å². The topological polar surface area (TPSA) is 63.2 Å². The summed E-state index contributed by atoms with van der Waals surface area (Å²) >= 11 is 1.51. The van der Waals surface area contributed by atoms with Crippen LogP contribution < -0.4 is 10.6 Å². The molecule has 1 aromatic carbocycles. The molecule has 1 atom stereocenters. The minimum Gasteiger partial charge on any atom is -0.378 e. The Kier molecular flexibility index (Phi) is 4.59. The van der Waals surface area contributed by atoms with Gasteiger partial charge in [-0.15, -0.1) is 11.3 Å². The van der Waals surface area contributed by atoms with Crippen LogP contribution in [0.4, 0.5) is 5.13 Å². The van der Waals surface area contributed by atoms with Crippen molar-refractivity contribution in [2.75, 3.05) is 25.1 Å². The van der Waals surface area contributed by atoms with Gasteiger partial charge in [0.1, 0.15) is 6.04 Å². The molecule has 0 saturated carbocycles. The Bertz CT molecular complexity index is 594. The van der Waals surface area contributed by atoms with Crippen molar-refractivity contribution in [2.24, 2.45) is 0 Å². The molecule has 2 heterocycles. The third kappa shape index (κ3) is 3.87. The van der Waals surface area contributed by atoms with Gasteiger partial charge in [0.05, 0.1) is 13.2 Å². The first-order chi connectivity index (χ1) is 10.3. The van der Waals surface area contributed by atoms with E-state index in [9.17, 15) is 4.79 Å². The second-order valence-corrected chi connectivity index (χ2v) is 5.98. The molecule has 1 saturated heterocycles. The number of rotatable bonds is 4. The van der Waals surface area contributed by atoms with E-state index in [0.29, 0.717) is 24.9 Å². The fourth-order valence-electron chi connectivity index (χ4n) is 2.17. The summed E-state index contributed by atoms with van der Waals surface area (Å²) in [6, 6.07) is 9.92. The van der Waals surface area contributed by atoms with Crippen LogP contribution in [0.3, 0.4) is 0 Å². The number of nitrogens with one attached hydrogen (secondary N) is 2. The second kappa shape index (κ2) is 6.80. The third-order valence-corrected chi connectivity index (χ3v) is 4.16. The van der Waals surface area contributed by atoms with Gasteiger partial charge >= 0.3 is 0 Å². The fraction of sp³-hybridized carbons (Fsp3) is 0.333. The minimum absolute atomic E-state index is 0.0877. The maximum Gasteiger partial charge on any atom is 0.245 e. The maximum absolute atomic E-state index is 12.0. The number of carbonyl (C=O) groups is 1. The highest BCUT2D eigenvalue weighted by atomic mass is 32.1. The number of morpholine rings is 1. The normalized spacial score (nSPS) is 18.4. The van der Waals surface area contributed by atoms with E-state index >= 15 is 0 Å². The Morgan fingerprint density at radius 1 is 1.43 bits per heavy atom. The van der Waals surface area contributed by atoms with Crippen molar-refractivity contribution in [1.82, 2.24) is 10.3 Å². The number of benzene rings is 1. The molecule has 5 nitrogen and oxygen atoms in total. The lowest BCUT2D eigenvalue weighted by molar-refractivity contribution is -0.120. The van der Waals surface area contributed by atoms with Crippen LogP contribution in [0, 0.1) is 0 Å². The Morgan fingerprint density at radius 2 is 2.29 bits per heavy atom. The number of aromatic nitrogens is 1. The molecule has 2 aromatic rings. The molecule has 2 N–H and O–H groups in total.